The number of aryl methyl sites for hydroxylation is 1. The Balaban J connectivity index is 1.57. The Hall–Kier alpha value is -3.66. The summed E-state index contributed by atoms with van der Waals surface area (Å²) in [6.45, 7) is 7.12. The van der Waals surface area contributed by atoms with Gasteiger partial charge in [-0.2, -0.15) is 5.10 Å². The molecule has 33 heavy (non-hydrogen) atoms. The number of nitrogens with zero attached hydrogens (tertiary/aromatic N) is 2. The van der Waals surface area contributed by atoms with Gasteiger partial charge in [0.1, 0.15) is 5.69 Å². The second-order valence-corrected chi connectivity index (χ2v) is 9.18. The van der Waals surface area contributed by atoms with E-state index < -0.39 is 0 Å². The van der Waals surface area contributed by atoms with E-state index >= 15 is 0 Å². The summed E-state index contributed by atoms with van der Waals surface area (Å²) in [5.74, 6) is 0.482. The van der Waals surface area contributed by atoms with Crippen LogP contribution >= 0.6 is 0 Å². The third-order valence-corrected chi connectivity index (χ3v) is 6.59. The molecule has 0 aliphatic carbocycles. The van der Waals surface area contributed by atoms with Crippen LogP contribution in [-0.4, -0.2) is 27.5 Å². The van der Waals surface area contributed by atoms with E-state index in [1.165, 1.54) is 16.7 Å². The molecular formula is C29H29N3O. The zero-order chi connectivity index (χ0) is 22.9. The molecule has 166 valence electrons. The zero-order valence-electron chi connectivity index (χ0n) is 19.4. The number of hydrogen-bond acceptors (Lipinski definition) is 2. The first-order valence-electron chi connectivity index (χ1n) is 11.6. The molecule has 0 fully saturated rings. The Labute approximate surface area is 195 Å². The van der Waals surface area contributed by atoms with Gasteiger partial charge in [-0.3, -0.25) is 9.89 Å². The van der Waals surface area contributed by atoms with Crippen LogP contribution in [0.25, 0.3) is 11.3 Å². The molecule has 4 nitrogen and oxygen atoms in total. The van der Waals surface area contributed by atoms with Crippen LogP contribution in [0.2, 0.25) is 0 Å². The highest BCUT2D eigenvalue weighted by atomic mass is 16.2. The van der Waals surface area contributed by atoms with Crippen molar-refractivity contribution in [2.75, 3.05) is 6.54 Å². The number of carbonyl (C=O) groups excluding carboxylic acids is 1. The van der Waals surface area contributed by atoms with Gasteiger partial charge in [0, 0.05) is 17.7 Å². The average molecular weight is 436 g/mol. The van der Waals surface area contributed by atoms with E-state index in [9.17, 15) is 4.79 Å². The van der Waals surface area contributed by atoms with Crippen molar-refractivity contribution in [3.8, 4) is 11.3 Å². The molecule has 1 aliphatic heterocycles. The number of nitrogens with one attached hydrogen (secondary N) is 1. The first-order chi connectivity index (χ1) is 16.0. The summed E-state index contributed by atoms with van der Waals surface area (Å²) in [7, 11) is 0. The summed E-state index contributed by atoms with van der Waals surface area (Å²) in [6, 6.07) is 27.2. The molecular weight excluding hydrogens is 406 g/mol. The second-order valence-electron chi connectivity index (χ2n) is 9.18. The number of benzene rings is 3. The molecule has 1 atom stereocenters. The van der Waals surface area contributed by atoms with E-state index in [0.717, 1.165) is 28.8 Å². The highest BCUT2D eigenvalue weighted by molar-refractivity contribution is 6.00. The predicted octanol–water partition coefficient (Wildman–Crippen LogP) is 6.30. The zero-order valence-corrected chi connectivity index (χ0v) is 19.4. The minimum Gasteiger partial charge on any atom is -0.326 e. The Morgan fingerprint density at radius 1 is 0.939 bits per heavy atom. The molecule has 0 radical (unpaired) electrons. The third kappa shape index (κ3) is 3.97. The molecule has 1 amide bonds. The molecule has 1 aliphatic rings. The van der Waals surface area contributed by atoms with Gasteiger partial charge in [-0.15, -0.1) is 0 Å². The number of carbonyl (C=O) groups is 1. The Morgan fingerprint density at radius 3 is 2.30 bits per heavy atom. The van der Waals surface area contributed by atoms with Gasteiger partial charge in [0.05, 0.1) is 11.7 Å². The van der Waals surface area contributed by atoms with Crippen molar-refractivity contribution in [2.24, 2.45) is 0 Å². The van der Waals surface area contributed by atoms with Gasteiger partial charge in [0.25, 0.3) is 5.91 Å². The van der Waals surface area contributed by atoms with Crippen LogP contribution in [0.4, 0.5) is 0 Å². The molecule has 3 aromatic carbocycles. The second kappa shape index (κ2) is 8.70. The van der Waals surface area contributed by atoms with E-state index in [0.29, 0.717) is 18.2 Å². The molecule has 0 saturated carbocycles. The van der Waals surface area contributed by atoms with Crippen LogP contribution in [-0.2, 0) is 6.42 Å². The van der Waals surface area contributed by atoms with Crippen molar-refractivity contribution in [3.05, 3.63) is 112 Å². The molecule has 2 heterocycles. The molecule has 1 N–H and O–H groups in total. The van der Waals surface area contributed by atoms with Gasteiger partial charge in [0.15, 0.2) is 0 Å². The number of hydrogen-bond donors (Lipinski definition) is 1. The lowest BCUT2D eigenvalue weighted by Crippen LogP contribution is -2.31. The molecule has 1 unspecified atom stereocenters. The summed E-state index contributed by atoms with van der Waals surface area (Å²) in [4.78, 5) is 15.5. The first kappa shape index (κ1) is 21.2. The molecule has 0 bridgehead atoms. The van der Waals surface area contributed by atoms with Crippen LogP contribution in [0.15, 0.2) is 78.9 Å². The SMILES string of the molecule is Cc1ccc(-c2n[nH]c3c2C(c2ccc(C(C)C)cc2)N(CCc2ccccc2)C3=O)cc1. The number of amides is 1. The number of aromatic nitrogens is 2. The normalized spacial score (nSPS) is 15.3. The van der Waals surface area contributed by atoms with Crippen molar-refractivity contribution in [3.63, 3.8) is 0 Å². The molecule has 5 rings (SSSR count). The lowest BCUT2D eigenvalue weighted by molar-refractivity contribution is 0.0746. The standard InChI is InChI=1S/C29H29N3O/c1-19(2)22-13-15-24(16-14-22)28-25-26(23-11-9-20(3)10-12-23)30-31-27(25)29(33)32(28)18-17-21-7-5-4-6-8-21/h4-16,19,28H,17-18H2,1-3H3,(H,30,31). The monoisotopic (exact) mass is 435 g/mol. The van der Waals surface area contributed by atoms with E-state index in [-0.39, 0.29) is 11.9 Å². The number of fused-ring (bicyclic) bond motifs is 1. The topological polar surface area (TPSA) is 49.0 Å². The van der Waals surface area contributed by atoms with Gasteiger partial charge >= 0.3 is 0 Å². The number of H-pyrrole nitrogens is 1. The number of rotatable bonds is 6. The van der Waals surface area contributed by atoms with Gasteiger partial charge in [-0.1, -0.05) is 98.3 Å². The van der Waals surface area contributed by atoms with Crippen molar-refractivity contribution in [1.82, 2.24) is 15.1 Å². The smallest absolute Gasteiger partial charge is 0.273 e. The highest BCUT2D eigenvalue weighted by Gasteiger charge is 2.41. The quantitative estimate of drug-likeness (QED) is 0.386. The highest BCUT2D eigenvalue weighted by Crippen LogP contribution is 2.43. The lowest BCUT2D eigenvalue weighted by Gasteiger charge is -2.27. The maximum absolute atomic E-state index is 13.5. The van der Waals surface area contributed by atoms with E-state index in [1.54, 1.807) is 0 Å². The van der Waals surface area contributed by atoms with Gasteiger partial charge in [-0.05, 0) is 36.0 Å². The first-order valence-corrected chi connectivity index (χ1v) is 11.6. The van der Waals surface area contributed by atoms with Crippen molar-refractivity contribution < 1.29 is 4.79 Å². The van der Waals surface area contributed by atoms with Crippen LogP contribution < -0.4 is 0 Å². The number of aromatic amines is 1. The summed E-state index contributed by atoms with van der Waals surface area (Å²) in [5, 5.41) is 7.66. The van der Waals surface area contributed by atoms with Crippen molar-refractivity contribution in [1.29, 1.82) is 0 Å². The third-order valence-electron chi connectivity index (χ3n) is 6.59. The molecule has 0 saturated heterocycles. The minimum atomic E-state index is -0.160. The lowest BCUT2D eigenvalue weighted by atomic mass is 9.93. The Morgan fingerprint density at radius 2 is 1.64 bits per heavy atom. The summed E-state index contributed by atoms with van der Waals surface area (Å²) < 4.78 is 0. The summed E-state index contributed by atoms with van der Waals surface area (Å²) in [6.07, 6.45) is 0.810. The van der Waals surface area contributed by atoms with E-state index in [4.69, 9.17) is 0 Å². The summed E-state index contributed by atoms with van der Waals surface area (Å²) in [5.41, 5.74) is 8.32. The molecule has 0 spiro atoms. The Bertz CT molecular complexity index is 1250. The maximum atomic E-state index is 13.5. The molecule has 4 aromatic rings. The van der Waals surface area contributed by atoms with Crippen LogP contribution in [0, 0.1) is 6.92 Å². The van der Waals surface area contributed by atoms with E-state index in [2.05, 4.69) is 91.6 Å². The molecule has 4 heteroatoms. The fraction of sp³-hybridized carbons (Fsp3) is 0.241. The predicted molar refractivity (Wildman–Crippen MR) is 132 cm³/mol. The van der Waals surface area contributed by atoms with Crippen LogP contribution in [0.1, 0.15) is 64.1 Å². The van der Waals surface area contributed by atoms with Crippen LogP contribution in [0.3, 0.4) is 0 Å². The van der Waals surface area contributed by atoms with E-state index in [1.807, 2.05) is 23.1 Å². The molecule has 1 aromatic heterocycles. The van der Waals surface area contributed by atoms with Gasteiger partial charge < -0.3 is 4.90 Å². The van der Waals surface area contributed by atoms with Crippen molar-refractivity contribution >= 4 is 5.91 Å². The maximum Gasteiger partial charge on any atom is 0.273 e. The van der Waals surface area contributed by atoms with Gasteiger partial charge in [-0.25, -0.2) is 0 Å². The average Bonchev–Trinajstić information content (AvgIpc) is 3.38. The Kier molecular flexibility index (Phi) is 5.59. The minimum absolute atomic E-state index is 0.0183. The van der Waals surface area contributed by atoms with Crippen molar-refractivity contribution in [2.45, 2.75) is 39.2 Å². The fourth-order valence-electron chi connectivity index (χ4n) is 4.66. The van der Waals surface area contributed by atoms with Crippen LogP contribution in [0.5, 0.6) is 0 Å². The fourth-order valence-corrected chi connectivity index (χ4v) is 4.66. The largest absolute Gasteiger partial charge is 0.326 e. The van der Waals surface area contributed by atoms with Gasteiger partial charge in [0.2, 0.25) is 0 Å². The summed E-state index contributed by atoms with van der Waals surface area (Å²) >= 11 is 0.